The van der Waals surface area contributed by atoms with E-state index in [0.717, 1.165) is 0 Å². The van der Waals surface area contributed by atoms with Gasteiger partial charge in [-0.25, -0.2) is 4.79 Å². The first kappa shape index (κ1) is 16.5. The molecule has 2 aromatic heterocycles. The van der Waals surface area contributed by atoms with Crippen molar-refractivity contribution in [3.05, 3.63) is 59.0 Å². The van der Waals surface area contributed by atoms with E-state index in [1.165, 1.54) is 4.40 Å². The van der Waals surface area contributed by atoms with Crippen LogP contribution in [-0.2, 0) is 6.54 Å². The van der Waals surface area contributed by atoms with E-state index in [4.69, 9.17) is 10.00 Å². The van der Waals surface area contributed by atoms with Crippen LogP contribution in [0, 0.1) is 11.3 Å². The lowest BCUT2D eigenvalue weighted by atomic mass is 10.1. The number of benzene rings is 1. The Morgan fingerprint density at radius 1 is 1.28 bits per heavy atom. The monoisotopic (exact) mass is 336 g/mol. The Bertz CT molecular complexity index is 1020. The van der Waals surface area contributed by atoms with E-state index in [1.807, 2.05) is 6.92 Å². The number of fused-ring (bicyclic) bond motifs is 1. The summed E-state index contributed by atoms with van der Waals surface area (Å²) in [4.78, 5) is 12.9. The lowest BCUT2D eigenvalue weighted by Crippen LogP contribution is -2.40. The van der Waals surface area contributed by atoms with Gasteiger partial charge in [-0.05, 0) is 25.1 Å². The van der Waals surface area contributed by atoms with Gasteiger partial charge in [0, 0.05) is 11.6 Å². The first-order chi connectivity index (χ1) is 12.2. The molecule has 0 unspecified atom stereocenters. The summed E-state index contributed by atoms with van der Waals surface area (Å²) in [6, 6.07) is 14.4. The second-order valence-electron chi connectivity index (χ2n) is 5.45. The van der Waals surface area contributed by atoms with Crippen molar-refractivity contribution in [3.8, 4) is 28.8 Å². The summed E-state index contributed by atoms with van der Waals surface area (Å²) in [5.74, 6) is 0.473. The van der Waals surface area contributed by atoms with Crippen molar-refractivity contribution in [2.24, 2.45) is 0 Å². The van der Waals surface area contributed by atoms with E-state index in [2.05, 4.69) is 6.07 Å². The maximum Gasteiger partial charge on any atom is 0.354 e. The first-order valence-corrected chi connectivity index (χ1v) is 8.03. The number of rotatable bonds is 5. The van der Waals surface area contributed by atoms with Gasteiger partial charge in [0.05, 0.1) is 25.3 Å². The molecule has 126 valence electrons. The largest absolute Gasteiger partial charge is 0.494 e. The summed E-state index contributed by atoms with van der Waals surface area (Å²) in [5, 5.41) is 19.7. The molecule has 3 rings (SSSR count). The van der Waals surface area contributed by atoms with Crippen LogP contribution in [0.4, 0.5) is 0 Å². The summed E-state index contributed by atoms with van der Waals surface area (Å²) < 4.78 is 8.54. The summed E-state index contributed by atoms with van der Waals surface area (Å²) in [6.45, 7) is 2.67. The van der Waals surface area contributed by atoms with Crippen LogP contribution in [0.3, 0.4) is 0 Å². The second kappa shape index (κ2) is 7.05. The number of hydrogen-bond acceptors (Lipinski definition) is 4. The quantitative estimate of drug-likeness (QED) is 0.725. The van der Waals surface area contributed by atoms with Crippen molar-refractivity contribution in [1.29, 1.82) is 5.26 Å². The molecular weight excluding hydrogens is 318 g/mol. The molecule has 1 N–H and O–H groups in total. The molecule has 25 heavy (non-hydrogen) atoms. The third-order valence-corrected chi connectivity index (χ3v) is 3.91. The van der Waals surface area contributed by atoms with Gasteiger partial charge in [0.2, 0.25) is 0 Å². The first-order valence-electron chi connectivity index (χ1n) is 8.03. The molecule has 0 aliphatic heterocycles. The number of pyridine rings is 1. The van der Waals surface area contributed by atoms with E-state index in [-0.39, 0.29) is 30.0 Å². The van der Waals surface area contributed by atoms with E-state index in [0.29, 0.717) is 23.6 Å². The van der Waals surface area contributed by atoms with Crippen molar-refractivity contribution in [2.75, 3.05) is 6.61 Å². The normalized spacial score (nSPS) is 10.6. The molecule has 0 aliphatic rings. The number of nitrogens with zero attached hydrogens (tertiary/aromatic N) is 3. The SMILES string of the molecule is CCOc1cccc(-c2c(O)[n+](CCC#N)c3ccccn3c2=O)c1. The topological polar surface area (TPSA) is 78.6 Å². The molecule has 0 atom stereocenters. The van der Waals surface area contributed by atoms with Crippen LogP contribution in [0.15, 0.2) is 53.5 Å². The Hall–Kier alpha value is -3.33. The molecule has 0 bridgehead atoms. The average molecular weight is 336 g/mol. The Kier molecular flexibility index (Phi) is 4.66. The fourth-order valence-corrected chi connectivity index (χ4v) is 2.83. The Balaban J connectivity index is 2.30. The van der Waals surface area contributed by atoms with Crippen LogP contribution < -0.4 is 14.9 Å². The Morgan fingerprint density at radius 2 is 2.12 bits per heavy atom. The van der Waals surface area contributed by atoms with Gasteiger partial charge in [-0.1, -0.05) is 18.2 Å². The number of nitriles is 1. The third-order valence-electron chi connectivity index (χ3n) is 3.91. The number of hydrogen-bond donors (Lipinski definition) is 1. The molecule has 2 heterocycles. The van der Waals surface area contributed by atoms with E-state index in [9.17, 15) is 9.90 Å². The summed E-state index contributed by atoms with van der Waals surface area (Å²) in [5.41, 5.74) is 0.959. The molecular formula is C19H18N3O3+. The van der Waals surface area contributed by atoms with Crippen molar-refractivity contribution in [3.63, 3.8) is 0 Å². The molecule has 3 aromatic rings. The van der Waals surface area contributed by atoms with Crippen molar-refractivity contribution < 1.29 is 14.4 Å². The highest BCUT2D eigenvalue weighted by Crippen LogP contribution is 2.26. The number of aromatic nitrogens is 2. The predicted molar refractivity (Wildman–Crippen MR) is 92.4 cm³/mol. The third kappa shape index (κ3) is 3.04. The van der Waals surface area contributed by atoms with Crippen molar-refractivity contribution in [1.82, 2.24) is 4.40 Å². The molecule has 6 nitrogen and oxygen atoms in total. The van der Waals surface area contributed by atoms with Crippen LogP contribution in [0.1, 0.15) is 13.3 Å². The fourth-order valence-electron chi connectivity index (χ4n) is 2.83. The highest BCUT2D eigenvalue weighted by atomic mass is 16.5. The van der Waals surface area contributed by atoms with Crippen LogP contribution in [0.25, 0.3) is 16.8 Å². The predicted octanol–water partition coefficient (Wildman–Crippen LogP) is 2.27. The highest BCUT2D eigenvalue weighted by Gasteiger charge is 2.24. The second-order valence-corrected chi connectivity index (χ2v) is 5.45. The Morgan fingerprint density at radius 3 is 2.88 bits per heavy atom. The fraction of sp³-hybridized carbons (Fsp3) is 0.211. The molecule has 0 amide bonds. The lowest BCUT2D eigenvalue weighted by Gasteiger charge is -2.10. The van der Waals surface area contributed by atoms with Gasteiger partial charge >= 0.3 is 5.56 Å². The lowest BCUT2D eigenvalue weighted by molar-refractivity contribution is -0.679. The number of aryl methyl sites for hydroxylation is 1. The molecule has 0 saturated heterocycles. The van der Waals surface area contributed by atoms with Gasteiger partial charge in [0.25, 0.3) is 11.5 Å². The van der Waals surface area contributed by atoms with Crippen molar-refractivity contribution in [2.45, 2.75) is 19.9 Å². The van der Waals surface area contributed by atoms with E-state index in [1.54, 1.807) is 53.2 Å². The smallest absolute Gasteiger partial charge is 0.354 e. The van der Waals surface area contributed by atoms with Gasteiger partial charge < -0.3 is 9.84 Å². The molecule has 0 radical (unpaired) electrons. The van der Waals surface area contributed by atoms with Crippen molar-refractivity contribution >= 4 is 5.65 Å². The standard InChI is InChI=1S/C19H17N3O3/c1-2-25-15-8-5-7-14(13-15)17-18(23)21-11-4-3-9-16(21)22(19(17)24)12-6-10-20/h3-5,7-9,11,13H,2,6,12H2,1H3/p+1. The van der Waals surface area contributed by atoms with Gasteiger partial charge in [-0.15, -0.1) is 0 Å². The molecule has 0 spiro atoms. The average Bonchev–Trinajstić information content (AvgIpc) is 2.62. The Labute approximate surface area is 144 Å². The van der Waals surface area contributed by atoms with Crippen LogP contribution in [0.2, 0.25) is 0 Å². The summed E-state index contributed by atoms with van der Waals surface area (Å²) in [6.07, 6.45) is 1.87. The summed E-state index contributed by atoms with van der Waals surface area (Å²) in [7, 11) is 0. The molecule has 1 aromatic carbocycles. The molecule has 0 saturated carbocycles. The maximum absolute atomic E-state index is 12.9. The minimum absolute atomic E-state index is 0.153. The van der Waals surface area contributed by atoms with E-state index < -0.39 is 0 Å². The molecule has 6 heteroatoms. The van der Waals surface area contributed by atoms with Crippen LogP contribution >= 0.6 is 0 Å². The highest BCUT2D eigenvalue weighted by molar-refractivity contribution is 5.68. The van der Waals surface area contributed by atoms with Gasteiger partial charge in [-0.3, -0.25) is 0 Å². The van der Waals surface area contributed by atoms with Gasteiger partial charge in [-0.2, -0.15) is 14.2 Å². The zero-order valence-corrected chi connectivity index (χ0v) is 13.8. The number of aromatic hydroxyl groups is 1. The molecule has 0 fully saturated rings. The van der Waals surface area contributed by atoms with Gasteiger partial charge in [0.15, 0.2) is 5.56 Å². The van der Waals surface area contributed by atoms with E-state index >= 15 is 0 Å². The van der Waals surface area contributed by atoms with Gasteiger partial charge in [0.1, 0.15) is 12.3 Å². The zero-order chi connectivity index (χ0) is 17.8. The minimum Gasteiger partial charge on any atom is -0.494 e. The maximum atomic E-state index is 12.9. The van der Waals surface area contributed by atoms with Crippen LogP contribution in [0.5, 0.6) is 11.6 Å². The number of ether oxygens (including phenoxy) is 1. The minimum atomic E-state index is -0.324. The van der Waals surface area contributed by atoms with Crippen LogP contribution in [-0.4, -0.2) is 16.1 Å². The zero-order valence-electron chi connectivity index (χ0n) is 13.8. The summed E-state index contributed by atoms with van der Waals surface area (Å²) >= 11 is 0. The molecule has 0 aliphatic carbocycles.